The molecule has 1 heterocycles. The number of fused-ring (bicyclic) bond motifs is 1. The summed E-state index contributed by atoms with van der Waals surface area (Å²) in [6, 6.07) is 9.00. The number of hydrogen-bond donors (Lipinski definition) is 2. The topological polar surface area (TPSA) is 102 Å². The SMILES string of the molecule is Cc1cccc(C(=O)O)c1NS(=O)(=O)c1cccc2c1OCO2. The molecule has 0 aliphatic carbocycles. The average Bonchev–Trinajstić information content (AvgIpc) is 2.97. The van der Waals surface area contributed by atoms with Crippen LogP contribution in [-0.4, -0.2) is 26.3 Å². The highest BCUT2D eigenvalue weighted by Crippen LogP contribution is 2.38. The third kappa shape index (κ3) is 2.68. The van der Waals surface area contributed by atoms with Gasteiger partial charge in [0.15, 0.2) is 11.5 Å². The molecule has 0 atom stereocenters. The highest BCUT2D eigenvalue weighted by molar-refractivity contribution is 7.92. The number of para-hydroxylation sites is 2. The van der Waals surface area contributed by atoms with E-state index in [0.29, 0.717) is 11.3 Å². The second-order valence-electron chi connectivity index (χ2n) is 4.90. The van der Waals surface area contributed by atoms with Crippen LogP contribution in [0.1, 0.15) is 15.9 Å². The third-order valence-corrected chi connectivity index (χ3v) is 4.76. The first-order valence-corrected chi connectivity index (χ1v) is 8.13. The molecule has 1 aliphatic rings. The molecule has 0 fully saturated rings. The lowest BCUT2D eigenvalue weighted by atomic mass is 10.1. The van der Waals surface area contributed by atoms with E-state index in [9.17, 15) is 18.3 Å². The minimum atomic E-state index is -4.04. The first-order chi connectivity index (χ1) is 10.9. The molecule has 8 heteroatoms. The van der Waals surface area contributed by atoms with Gasteiger partial charge in [0.25, 0.3) is 10.0 Å². The Bertz CT molecular complexity index is 891. The van der Waals surface area contributed by atoms with Crippen LogP contribution < -0.4 is 14.2 Å². The Hall–Kier alpha value is -2.74. The van der Waals surface area contributed by atoms with Crippen molar-refractivity contribution in [3.8, 4) is 11.5 Å². The van der Waals surface area contributed by atoms with Crippen LogP contribution in [0.5, 0.6) is 11.5 Å². The molecule has 1 aliphatic heterocycles. The van der Waals surface area contributed by atoms with Crippen LogP contribution in [0.25, 0.3) is 0 Å². The van der Waals surface area contributed by atoms with E-state index in [2.05, 4.69) is 4.72 Å². The number of hydrogen-bond acceptors (Lipinski definition) is 5. The predicted octanol–water partition coefficient (Wildman–Crippen LogP) is 2.22. The molecule has 0 bridgehead atoms. The van der Waals surface area contributed by atoms with Crippen molar-refractivity contribution >= 4 is 21.7 Å². The number of aryl methyl sites for hydroxylation is 1. The fraction of sp³-hybridized carbons (Fsp3) is 0.133. The van der Waals surface area contributed by atoms with Crippen molar-refractivity contribution < 1.29 is 27.8 Å². The van der Waals surface area contributed by atoms with Gasteiger partial charge in [-0.05, 0) is 30.7 Å². The molecule has 2 aromatic carbocycles. The Balaban J connectivity index is 2.07. The average molecular weight is 335 g/mol. The first-order valence-electron chi connectivity index (χ1n) is 6.64. The molecule has 3 rings (SSSR count). The van der Waals surface area contributed by atoms with Gasteiger partial charge in [0, 0.05) is 0 Å². The number of carboxylic acids is 1. The molecule has 7 nitrogen and oxygen atoms in total. The number of rotatable bonds is 4. The molecule has 0 saturated carbocycles. The van der Waals surface area contributed by atoms with E-state index >= 15 is 0 Å². The van der Waals surface area contributed by atoms with E-state index in [-0.39, 0.29) is 28.7 Å². The van der Waals surface area contributed by atoms with E-state index in [4.69, 9.17) is 9.47 Å². The summed E-state index contributed by atoms with van der Waals surface area (Å²) in [6.45, 7) is 1.56. The van der Waals surface area contributed by atoms with Crippen molar-refractivity contribution in [1.82, 2.24) is 0 Å². The van der Waals surface area contributed by atoms with Crippen LogP contribution in [0.2, 0.25) is 0 Å². The summed E-state index contributed by atoms with van der Waals surface area (Å²) in [6.07, 6.45) is 0. The third-order valence-electron chi connectivity index (χ3n) is 3.39. The van der Waals surface area contributed by atoms with Crippen molar-refractivity contribution in [2.45, 2.75) is 11.8 Å². The van der Waals surface area contributed by atoms with Crippen molar-refractivity contribution in [2.75, 3.05) is 11.5 Å². The standard InChI is InChI=1S/C15H13NO6S/c1-9-4-2-5-10(15(17)18)13(9)16-23(19,20)12-7-3-6-11-14(12)22-8-21-11/h2-7,16H,8H2,1H3,(H,17,18). The highest BCUT2D eigenvalue weighted by Gasteiger charge is 2.28. The van der Waals surface area contributed by atoms with E-state index in [0.717, 1.165) is 0 Å². The molecule has 0 amide bonds. The van der Waals surface area contributed by atoms with Crippen LogP contribution in [-0.2, 0) is 10.0 Å². The van der Waals surface area contributed by atoms with Gasteiger partial charge in [0.05, 0.1) is 11.3 Å². The van der Waals surface area contributed by atoms with E-state index < -0.39 is 16.0 Å². The van der Waals surface area contributed by atoms with Gasteiger partial charge in [0.1, 0.15) is 4.90 Å². The number of carbonyl (C=O) groups is 1. The molecule has 0 unspecified atom stereocenters. The Morgan fingerprint density at radius 1 is 1.17 bits per heavy atom. The molecule has 0 radical (unpaired) electrons. The van der Waals surface area contributed by atoms with Crippen LogP contribution in [0.15, 0.2) is 41.3 Å². The molecular weight excluding hydrogens is 322 g/mol. The van der Waals surface area contributed by atoms with Gasteiger partial charge in [-0.15, -0.1) is 0 Å². The van der Waals surface area contributed by atoms with E-state index in [1.165, 1.54) is 18.2 Å². The maximum atomic E-state index is 12.6. The van der Waals surface area contributed by atoms with Gasteiger partial charge in [-0.3, -0.25) is 4.72 Å². The lowest BCUT2D eigenvalue weighted by Crippen LogP contribution is -2.17. The number of aromatic carboxylic acids is 1. The second-order valence-corrected chi connectivity index (χ2v) is 6.55. The van der Waals surface area contributed by atoms with Gasteiger partial charge in [-0.1, -0.05) is 18.2 Å². The monoisotopic (exact) mass is 335 g/mol. The Morgan fingerprint density at radius 2 is 1.91 bits per heavy atom. The second kappa shape index (κ2) is 5.47. The Labute approximate surface area is 132 Å². The zero-order chi connectivity index (χ0) is 16.6. The predicted molar refractivity (Wildman–Crippen MR) is 81.5 cm³/mol. The van der Waals surface area contributed by atoms with E-state index in [1.54, 1.807) is 25.1 Å². The highest BCUT2D eigenvalue weighted by atomic mass is 32.2. The van der Waals surface area contributed by atoms with Gasteiger partial charge in [-0.2, -0.15) is 0 Å². The van der Waals surface area contributed by atoms with Gasteiger partial charge < -0.3 is 14.6 Å². The smallest absolute Gasteiger partial charge is 0.337 e. The summed E-state index contributed by atoms with van der Waals surface area (Å²) in [5.41, 5.74) is 0.396. The van der Waals surface area contributed by atoms with Crippen molar-refractivity contribution in [3.63, 3.8) is 0 Å². The number of anilines is 1. The number of carboxylic acid groups (broad SMARTS) is 1. The minimum absolute atomic E-state index is 0.0246. The molecule has 0 spiro atoms. The maximum absolute atomic E-state index is 12.6. The summed E-state index contributed by atoms with van der Waals surface area (Å²) >= 11 is 0. The zero-order valence-corrected chi connectivity index (χ0v) is 12.9. The quantitative estimate of drug-likeness (QED) is 0.888. The Kier molecular flexibility index (Phi) is 3.61. The van der Waals surface area contributed by atoms with Crippen LogP contribution in [0.4, 0.5) is 5.69 Å². The summed E-state index contributed by atoms with van der Waals surface area (Å²) < 4.78 is 38.0. The largest absolute Gasteiger partial charge is 0.478 e. The summed E-state index contributed by atoms with van der Waals surface area (Å²) in [5.74, 6) is -0.772. The molecular formula is C15H13NO6S. The number of ether oxygens (including phenoxy) is 2. The minimum Gasteiger partial charge on any atom is -0.478 e. The molecule has 0 aromatic heterocycles. The normalized spacial score (nSPS) is 12.9. The van der Waals surface area contributed by atoms with Crippen LogP contribution in [0, 0.1) is 6.92 Å². The van der Waals surface area contributed by atoms with Crippen LogP contribution in [0.3, 0.4) is 0 Å². The fourth-order valence-electron chi connectivity index (χ4n) is 2.29. The Morgan fingerprint density at radius 3 is 2.65 bits per heavy atom. The van der Waals surface area contributed by atoms with E-state index in [1.807, 2.05) is 0 Å². The molecule has 2 N–H and O–H groups in total. The number of benzene rings is 2. The lowest BCUT2D eigenvalue weighted by Gasteiger charge is -2.14. The zero-order valence-electron chi connectivity index (χ0n) is 12.1. The molecule has 23 heavy (non-hydrogen) atoms. The fourth-order valence-corrected chi connectivity index (χ4v) is 3.60. The van der Waals surface area contributed by atoms with Gasteiger partial charge >= 0.3 is 5.97 Å². The summed E-state index contributed by atoms with van der Waals surface area (Å²) in [5, 5.41) is 9.23. The molecule has 2 aromatic rings. The van der Waals surface area contributed by atoms with Crippen molar-refractivity contribution in [1.29, 1.82) is 0 Å². The molecule has 0 saturated heterocycles. The lowest BCUT2D eigenvalue weighted by molar-refractivity contribution is 0.0698. The van der Waals surface area contributed by atoms with Crippen LogP contribution >= 0.6 is 0 Å². The number of sulfonamides is 1. The summed E-state index contributed by atoms with van der Waals surface area (Å²) in [7, 11) is -4.04. The number of nitrogens with one attached hydrogen (secondary N) is 1. The van der Waals surface area contributed by atoms with Gasteiger partial charge in [0.2, 0.25) is 6.79 Å². The van der Waals surface area contributed by atoms with Crippen molar-refractivity contribution in [3.05, 3.63) is 47.5 Å². The maximum Gasteiger partial charge on any atom is 0.337 e. The first kappa shape index (κ1) is 15.2. The van der Waals surface area contributed by atoms with Gasteiger partial charge in [-0.25, -0.2) is 13.2 Å². The summed E-state index contributed by atoms with van der Waals surface area (Å²) in [4.78, 5) is 11.2. The molecule has 120 valence electrons. The van der Waals surface area contributed by atoms with Crippen molar-refractivity contribution in [2.24, 2.45) is 0 Å².